The van der Waals surface area contributed by atoms with E-state index in [2.05, 4.69) is 15.3 Å². The molecule has 1 aromatic heterocycles. The third-order valence-electron chi connectivity index (χ3n) is 3.76. The number of methoxy groups -OCH3 is 1. The van der Waals surface area contributed by atoms with E-state index < -0.39 is 17.7 Å². The minimum absolute atomic E-state index is 0.0800. The molecule has 0 saturated heterocycles. The summed E-state index contributed by atoms with van der Waals surface area (Å²) in [5.74, 6) is -0.184. The number of hydrogen-bond acceptors (Lipinski definition) is 4. The Kier molecular flexibility index (Phi) is 5.25. The van der Waals surface area contributed by atoms with Gasteiger partial charge in [0.1, 0.15) is 11.6 Å². The van der Waals surface area contributed by atoms with Gasteiger partial charge in [0.25, 0.3) is 0 Å². The van der Waals surface area contributed by atoms with E-state index in [1.807, 2.05) is 0 Å². The zero-order valence-corrected chi connectivity index (χ0v) is 14.2. The fourth-order valence-electron chi connectivity index (χ4n) is 2.45. The normalized spacial score (nSPS) is 11.3. The molecule has 1 heterocycles. The second kappa shape index (κ2) is 7.61. The Morgan fingerprint density at radius 1 is 1.00 bits per heavy atom. The molecule has 0 atom stereocenters. The molecule has 0 spiro atoms. The van der Waals surface area contributed by atoms with E-state index in [1.165, 1.54) is 31.4 Å². The smallest absolute Gasteiger partial charge is 0.433 e. The number of halogens is 4. The van der Waals surface area contributed by atoms with Gasteiger partial charge in [-0.3, -0.25) is 0 Å². The van der Waals surface area contributed by atoms with Crippen molar-refractivity contribution in [1.29, 1.82) is 0 Å². The molecule has 27 heavy (non-hydrogen) atoms. The molecule has 3 rings (SSSR count). The molecule has 140 valence electrons. The van der Waals surface area contributed by atoms with Crippen molar-refractivity contribution in [3.8, 4) is 17.0 Å². The number of nitrogens with zero attached hydrogens (tertiary/aromatic N) is 2. The average Bonchev–Trinajstić information content (AvgIpc) is 2.66. The molecule has 0 saturated carbocycles. The van der Waals surface area contributed by atoms with E-state index in [9.17, 15) is 17.6 Å². The zero-order valence-electron chi connectivity index (χ0n) is 14.2. The van der Waals surface area contributed by atoms with E-state index in [1.54, 1.807) is 24.3 Å². The highest BCUT2D eigenvalue weighted by Crippen LogP contribution is 2.34. The Bertz CT molecular complexity index is 927. The quantitative estimate of drug-likeness (QED) is 0.641. The Labute approximate surface area is 152 Å². The second-order valence-electron chi connectivity index (χ2n) is 5.64. The predicted octanol–water partition coefficient (Wildman–Crippen LogP) is 4.92. The predicted molar refractivity (Wildman–Crippen MR) is 92.7 cm³/mol. The Hall–Kier alpha value is -3.16. The number of alkyl halides is 3. The first-order valence-corrected chi connectivity index (χ1v) is 7.95. The maximum absolute atomic E-state index is 13.3. The molecule has 0 aliphatic carbocycles. The Morgan fingerprint density at radius 3 is 2.37 bits per heavy atom. The van der Waals surface area contributed by atoms with Crippen LogP contribution in [0, 0.1) is 5.82 Å². The Morgan fingerprint density at radius 2 is 1.70 bits per heavy atom. The van der Waals surface area contributed by atoms with Crippen molar-refractivity contribution in [3.63, 3.8) is 0 Å². The van der Waals surface area contributed by atoms with Gasteiger partial charge in [-0.15, -0.1) is 0 Å². The van der Waals surface area contributed by atoms with Gasteiger partial charge in [-0.05, 0) is 35.9 Å². The molecule has 0 aliphatic heterocycles. The standard InChI is InChI=1S/C19H15F4N3O/c1-27-16-5-3-2-4-14(16)15-10-17(19(21,22)23)26-18(25-15)24-11-12-6-8-13(20)9-7-12/h2-10H,11H2,1H3,(H,24,25,26). The molecule has 0 amide bonds. The van der Waals surface area contributed by atoms with Crippen LogP contribution >= 0.6 is 0 Å². The summed E-state index contributed by atoms with van der Waals surface area (Å²) in [6.07, 6.45) is -4.63. The maximum atomic E-state index is 13.3. The van der Waals surface area contributed by atoms with Gasteiger partial charge in [-0.25, -0.2) is 14.4 Å². The number of anilines is 1. The number of para-hydroxylation sites is 1. The summed E-state index contributed by atoms with van der Waals surface area (Å²) in [6, 6.07) is 13.1. The molecular weight excluding hydrogens is 362 g/mol. The van der Waals surface area contributed by atoms with E-state index in [4.69, 9.17) is 4.74 Å². The van der Waals surface area contributed by atoms with E-state index in [-0.39, 0.29) is 18.2 Å². The van der Waals surface area contributed by atoms with Gasteiger partial charge in [0.15, 0.2) is 5.69 Å². The van der Waals surface area contributed by atoms with Crippen LogP contribution in [0.15, 0.2) is 54.6 Å². The van der Waals surface area contributed by atoms with Crippen LogP contribution in [0.1, 0.15) is 11.3 Å². The van der Waals surface area contributed by atoms with Crippen LogP contribution < -0.4 is 10.1 Å². The largest absolute Gasteiger partial charge is 0.496 e. The number of rotatable bonds is 5. The number of aromatic nitrogens is 2. The van der Waals surface area contributed by atoms with Crippen LogP contribution in [-0.4, -0.2) is 17.1 Å². The molecule has 0 radical (unpaired) electrons. The SMILES string of the molecule is COc1ccccc1-c1cc(C(F)(F)F)nc(NCc2ccc(F)cc2)n1. The second-order valence-corrected chi connectivity index (χ2v) is 5.64. The van der Waals surface area contributed by atoms with Gasteiger partial charge in [-0.1, -0.05) is 24.3 Å². The lowest BCUT2D eigenvalue weighted by Gasteiger charge is -2.13. The summed E-state index contributed by atoms with van der Waals surface area (Å²) in [4.78, 5) is 7.74. The molecule has 8 heteroatoms. The Balaban J connectivity index is 1.97. The monoisotopic (exact) mass is 377 g/mol. The first-order chi connectivity index (χ1) is 12.9. The van der Waals surface area contributed by atoms with Crippen LogP contribution in [0.2, 0.25) is 0 Å². The first kappa shape index (κ1) is 18.6. The first-order valence-electron chi connectivity index (χ1n) is 7.95. The molecule has 0 bridgehead atoms. The minimum Gasteiger partial charge on any atom is -0.496 e. The summed E-state index contributed by atoms with van der Waals surface area (Å²) in [7, 11) is 1.43. The van der Waals surface area contributed by atoms with Crippen molar-refractivity contribution >= 4 is 5.95 Å². The lowest BCUT2D eigenvalue weighted by atomic mass is 10.1. The fraction of sp³-hybridized carbons (Fsp3) is 0.158. The summed E-state index contributed by atoms with van der Waals surface area (Å²) in [5, 5.41) is 2.76. The fourth-order valence-corrected chi connectivity index (χ4v) is 2.45. The number of nitrogens with one attached hydrogen (secondary N) is 1. The highest BCUT2D eigenvalue weighted by atomic mass is 19.4. The van der Waals surface area contributed by atoms with Gasteiger partial charge < -0.3 is 10.1 Å². The highest BCUT2D eigenvalue weighted by molar-refractivity contribution is 5.68. The van der Waals surface area contributed by atoms with E-state index >= 15 is 0 Å². The lowest BCUT2D eigenvalue weighted by Crippen LogP contribution is -2.13. The maximum Gasteiger partial charge on any atom is 0.433 e. The highest BCUT2D eigenvalue weighted by Gasteiger charge is 2.34. The van der Waals surface area contributed by atoms with Gasteiger partial charge in [-0.2, -0.15) is 13.2 Å². The zero-order chi connectivity index (χ0) is 19.4. The molecule has 3 aromatic rings. The third-order valence-corrected chi connectivity index (χ3v) is 3.76. The topological polar surface area (TPSA) is 47.0 Å². The lowest BCUT2D eigenvalue weighted by molar-refractivity contribution is -0.141. The molecule has 2 aromatic carbocycles. The molecule has 1 N–H and O–H groups in total. The van der Waals surface area contributed by atoms with Crippen molar-refractivity contribution in [3.05, 3.63) is 71.7 Å². The molecular formula is C19H15F4N3O. The van der Waals surface area contributed by atoms with Gasteiger partial charge >= 0.3 is 6.18 Å². The molecule has 4 nitrogen and oxygen atoms in total. The molecule has 0 unspecified atom stereocenters. The van der Waals surface area contributed by atoms with Crippen molar-refractivity contribution in [2.75, 3.05) is 12.4 Å². The van der Waals surface area contributed by atoms with Crippen LogP contribution in [0.5, 0.6) is 5.75 Å². The molecule has 0 fully saturated rings. The van der Waals surface area contributed by atoms with Crippen molar-refractivity contribution in [2.45, 2.75) is 12.7 Å². The van der Waals surface area contributed by atoms with Crippen LogP contribution in [0.4, 0.5) is 23.5 Å². The number of hydrogen-bond donors (Lipinski definition) is 1. The summed E-state index contributed by atoms with van der Waals surface area (Å²) >= 11 is 0. The number of ether oxygens (including phenoxy) is 1. The van der Waals surface area contributed by atoms with E-state index in [0.29, 0.717) is 16.9 Å². The summed E-state index contributed by atoms with van der Waals surface area (Å²) < 4.78 is 58.0. The van der Waals surface area contributed by atoms with Gasteiger partial charge in [0.2, 0.25) is 5.95 Å². The van der Waals surface area contributed by atoms with Crippen LogP contribution in [0.25, 0.3) is 11.3 Å². The van der Waals surface area contributed by atoms with Gasteiger partial charge in [0.05, 0.1) is 12.8 Å². The van der Waals surface area contributed by atoms with Crippen molar-refractivity contribution in [1.82, 2.24) is 9.97 Å². The third kappa shape index (κ3) is 4.52. The van der Waals surface area contributed by atoms with Crippen molar-refractivity contribution in [2.24, 2.45) is 0 Å². The summed E-state index contributed by atoms with van der Waals surface area (Å²) in [6.45, 7) is 0.146. The van der Waals surface area contributed by atoms with E-state index in [0.717, 1.165) is 6.07 Å². The van der Waals surface area contributed by atoms with Crippen molar-refractivity contribution < 1.29 is 22.3 Å². The average molecular weight is 377 g/mol. The molecule has 0 aliphatic rings. The van der Waals surface area contributed by atoms with Gasteiger partial charge in [0, 0.05) is 12.1 Å². The minimum atomic E-state index is -4.63. The summed E-state index contributed by atoms with van der Waals surface area (Å²) in [5.41, 5.74) is 0.102. The van der Waals surface area contributed by atoms with Crippen LogP contribution in [0.3, 0.4) is 0 Å². The van der Waals surface area contributed by atoms with Crippen LogP contribution in [-0.2, 0) is 12.7 Å². The number of benzene rings is 2.